The van der Waals surface area contributed by atoms with Crippen molar-refractivity contribution in [1.29, 1.82) is 0 Å². The number of pyridine rings is 1. The maximum atomic E-state index is 12.1. The van der Waals surface area contributed by atoms with Crippen LogP contribution in [0, 0.1) is 13.8 Å². The van der Waals surface area contributed by atoms with Gasteiger partial charge in [-0.1, -0.05) is 0 Å². The molecule has 6 heteroatoms. The lowest BCUT2D eigenvalue weighted by Crippen LogP contribution is -2.15. The Morgan fingerprint density at radius 1 is 1.17 bits per heavy atom. The van der Waals surface area contributed by atoms with E-state index in [-0.39, 0.29) is 4.90 Å². The molecule has 2 rings (SSSR count). The molecule has 1 aromatic heterocycles. The Labute approximate surface area is 109 Å². The van der Waals surface area contributed by atoms with Crippen LogP contribution in [0.2, 0.25) is 0 Å². The predicted octanol–water partition coefficient (Wildman–Crippen LogP) is 2.08. The van der Waals surface area contributed by atoms with E-state index in [1.54, 1.807) is 17.7 Å². The Hall–Kier alpha value is -1.33. The van der Waals surface area contributed by atoms with Gasteiger partial charge in [0, 0.05) is 29.3 Å². The van der Waals surface area contributed by atoms with Gasteiger partial charge in [0.2, 0.25) is 5.43 Å². The van der Waals surface area contributed by atoms with E-state index >= 15 is 0 Å². The Morgan fingerprint density at radius 3 is 2.28 bits per heavy atom. The van der Waals surface area contributed by atoms with Gasteiger partial charge >= 0.3 is 0 Å². The van der Waals surface area contributed by atoms with Crippen molar-refractivity contribution >= 4 is 30.6 Å². The summed E-state index contributed by atoms with van der Waals surface area (Å²) in [5.74, 6) is 0. The van der Waals surface area contributed by atoms with Crippen molar-refractivity contribution in [2.75, 3.05) is 0 Å². The van der Waals surface area contributed by atoms with Crippen molar-refractivity contribution in [3.63, 3.8) is 0 Å². The number of rotatable bonds is 1. The SMILES string of the molecule is Cc1cc2c(=O)c(S(=O)(=O)Cl)cn(C)c2cc1C. The van der Waals surface area contributed by atoms with E-state index in [1.165, 1.54) is 6.20 Å². The molecule has 1 aromatic carbocycles. The predicted molar refractivity (Wildman–Crippen MR) is 71.7 cm³/mol. The van der Waals surface area contributed by atoms with Crippen LogP contribution in [0.3, 0.4) is 0 Å². The van der Waals surface area contributed by atoms with Crippen LogP contribution in [-0.4, -0.2) is 13.0 Å². The molecule has 0 aliphatic heterocycles. The van der Waals surface area contributed by atoms with Crippen molar-refractivity contribution in [2.24, 2.45) is 7.05 Å². The monoisotopic (exact) mass is 285 g/mol. The van der Waals surface area contributed by atoms with Gasteiger partial charge in [-0.25, -0.2) is 8.42 Å². The van der Waals surface area contributed by atoms with Gasteiger partial charge in [-0.2, -0.15) is 0 Å². The second-order valence-electron chi connectivity index (χ2n) is 4.32. The first-order valence-electron chi connectivity index (χ1n) is 5.27. The average molecular weight is 286 g/mol. The lowest BCUT2D eigenvalue weighted by atomic mass is 10.1. The summed E-state index contributed by atoms with van der Waals surface area (Å²) in [6.07, 6.45) is 1.25. The first-order chi connectivity index (χ1) is 8.21. The zero-order chi connectivity index (χ0) is 13.7. The van der Waals surface area contributed by atoms with Crippen LogP contribution in [0.4, 0.5) is 0 Å². The van der Waals surface area contributed by atoms with Gasteiger partial charge in [0.25, 0.3) is 9.05 Å². The van der Waals surface area contributed by atoms with E-state index in [2.05, 4.69) is 0 Å². The van der Waals surface area contributed by atoms with Gasteiger partial charge in [-0.15, -0.1) is 0 Å². The Bertz CT molecular complexity index is 806. The minimum absolute atomic E-state index is 0.363. The molecule has 96 valence electrons. The minimum atomic E-state index is -4.03. The van der Waals surface area contributed by atoms with Crippen LogP contribution in [0.5, 0.6) is 0 Å². The summed E-state index contributed by atoms with van der Waals surface area (Å²) in [6.45, 7) is 3.81. The number of hydrogen-bond acceptors (Lipinski definition) is 3. The van der Waals surface area contributed by atoms with Crippen LogP contribution in [0.1, 0.15) is 11.1 Å². The van der Waals surface area contributed by atoms with Gasteiger partial charge < -0.3 is 4.57 Å². The molecular formula is C12H12ClNO3S. The molecule has 0 aliphatic carbocycles. The molecular weight excluding hydrogens is 274 g/mol. The van der Waals surface area contributed by atoms with E-state index in [0.29, 0.717) is 10.9 Å². The molecule has 0 atom stereocenters. The van der Waals surface area contributed by atoms with E-state index in [1.807, 2.05) is 19.9 Å². The quantitative estimate of drug-likeness (QED) is 0.754. The molecule has 18 heavy (non-hydrogen) atoms. The summed E-state index contributed by atoms with van der Waals surface area (Å²) in [7, 11) is 2.92. The Balaban J connectivity index is 3.05. The second-order valence-corrected chi connectivity index (χ2v) is 6.86. The number of aromatic nitrogens is 1. The molecule has 0 N–H and O–H groups in total. The highest BCUT2D eigenvalue weighted by atomic mass is 35.7. The summed E-state index contributed by atoms with van der Waals surface area (Å²) in [5, 5.41) is 0.363. The third-order valence-corrected chi connectivity index (χ3v) is 4.35. The molecule has 0 unspecified atom stereocenters. The molecule has 0 spiro atoms. The van der Waals surface area contributed by atoms with Gasteiger partial charge in [0.05, 0.1) is 5.52 Å². The fourth-order valence-corrected chi connectivity index (χ4v) is 2.83. The zero-order valence-electron chi connectivity index (χ0n) is 10.2. The van der Waals surface area contributed by atoms with Crippen LogP contribution in [0.25, 0.3) is 10.9 Å². The maximum Gasteiger partial charge on any atom is 0.266 e. The van der Waals surface area contributed by atoms with Crippen LogP contribution in [-0.2, 0) is 16.1 Å². The molecule has 0 saturated carbocycles. The van der Waals surface area contributed by atoms with Crippen molar-refractivity contribution in [3.8, 4) is 0 Å². The number of hydrogen-bond donors (Lipinski definition) is 0. The van der Waals surface area contributed by atoms with Crippen molar-refractivity contribution in [1.82, 2.24) is 4.57 Å². The standard InChI is InChI=1S/C12H12ClNO3S/c1-7-4-9-10(5-8(7)2)14(3)6-11(12(9)15)18(13,16)17/h4-6H,1-3H3. The molecule has 1 heterocycles. The van der Waals surface area contributed by atoms with Gasteiger partial charge in [0.1, 0.15) is 4.90 Å². The normalized spacial score (nSPS) is 12.0. The van der Waals surface area contributed by atoms with E-state index in [9.17, 15) is 13.2 Å². The molecule has 4 nitrogen and oxygen atoms in total. The summed E-state index contributed by atoms with van der Waals surface area (Å²) < 4.78 is 24.3. The number of halogens is 1. The number of fused-ring (bicyclic) bond motifs is 1. The first kappa shape index (κ1) is 13.1. The molecule has 0 aliphatic rings. The minimum Gasteiger partial charge on any atom is -0.349 e. The van der Waals surface area contributed by atoms with Crippen molar-refractivity contribution < 1.29 is 8.42 Å². The van der Waals surface area contributed by atoms with Gasteiger partial charge in [-0.05, 0) is 37.1 Å². The fourth-order valence-electron chi connectivity index (χ4n) is 1.89. The first-order valence-corrected chi connectivity index (χ1v) is 7.58. The summed E-state index contributed by atoms with van der Waals surface area (Å²) in [4.78, 5) is 11.7. The topological polar surface area (TPSA) is 56.1 Å². The zero-order valence-corrected chi connectivity index (χ0v) is 11.8. The lowest BCUT2D eigenvalue weighted by Gasteiger charge is -2.09. The van der Waals surface area contributed by atoms with Crippen LogP contribution < -0.4 is 5.43 Å². The van der Waals surface area contributed by atoms with Crippen LogP contribution in [0.15, 0.2) is 28.0 Å². The molecule has 2 aromatic rings. The van der Waals surface area contributed by atoms with Crippen LogP contribution >= 0.6 is 10.7 Å². The average Bonchev–Trinajstić information content (AvgIpc) is 2.24. The molecule has 0 fully saturated rings. The highest BCUT2D eigenvalue weighted by Gasteiger charge is 2.18. The van der Waals surface area contributed by atoms with E-state index < -0.39 is 14.5 Å². The molecule has 0 bridgehead atoms. The van der Waals surface area contributed by atoms with Gasteiger partial charge in [0.15, 0.2) is 0 Å². The summed E-state index contributed by atoms with van der Waals surface area (Å²) >= 11 is 0. The number of nitrogens with zero attached hydrogens (tertiary/aromatic N) is 1. The molecule has 0 amide bonds. The molecule has 0 saturated heterocycles. The Kier molecular flexibility index (Phi) is 2.99. The highest BCUT2D eigenvalue weighted by Crippen LogP contribution is 2.19. The molecule has 0 radical (unpaired) electrons. The van der Waals surface area contributed by atoms with E-state index in [4.69, 9.17) is 10.7 Å². The second kappa shape index (κ2) is 4.10. The van der Waals surface area contributed by atoms with Gasteiger partial charge in [-0.3, -0.25) is 4.79 Å². The number of aryl methyl sites for hydroxylation is 3. The lowest BCUT2D eigenvalue weighted by molar-refractivity contribution is 0.608. The largest absolute Gasteiger partial charge is 0.349 e. The summed E-state index contributed by atoms with van der Waals surface area (Å²) in [6, 6.07) is 3.55. The highest BCUT2D eigenvalue weighted by molar-refractivity contribution is 8.13. The Morgan fingerprint density at radius 2 is 1.72 bits per heavy atom. The van der Waals surface area contributed by atoms with Crippen molar-refractivity contribution in [2.45, 2.75) is 18.7 Å². The third-order valence-electron chi connectivity index (χ3n) is 3.03. The van der Waals surface area contributed by atoms with E-state index in [0.717, 1.165) is 11.1 Å². The third kappa shape index (κ3) is 2.04. The fraction of sp³-hybridized carbons (Fsp3) is 0.250. The maximum absolute atomic E-state index is 12.1. The summed E-state index contributed by atoms with van der Waals surface area (Å²) in [5.41, 5.74) is 2.11. The van der Waals surface area contributed by atoms with Crippen molar-refractivity contribution in [3.05, 3.63) is 39.7 Å². The number of benzene rings is 1. The smallest absolute Gasteiger partial charge is 0.266 e.